The Balaban J connectivity index is 2.54. The maximum atomic E-state index is 11.2. The molecule has 17 heavy (non-hydrogen) atoms. The lowest BCUT2D eigenvalue weighted by molar-refractivity contribution is 0.0218. The minimum Gasteiger partial charge on any atom is -0.372 e. The number of nitrogen functional groups attached to an aromatic ring is 1. The van der Waals surface area contributed by atoms with Gasteiger partial charge in [0.1, 0.15) is 0 Å². The van der Waals surface area contributed by atoms with Crippen molar-refractivity contribution in [1.82, 2.24) is 10.4 Å². The van der Waals surface area contributed by atoms with Crippen molar-refractivity contribution in [2.75, 3.05) is 0 Å². The number of nitrogens with one attached hydrogen (secondary N) is 1. The highest BCUT2D eigenvalue weighted by Gasteiger charge is 2.08. The topological polar surface area (TPSA) is 77.2 Å². The van der Waals surface area contributed by atoms with Gasteiger partial charge in [-0.1, -0.05) is 13.8 Å². The molecule has 1 unspecified atom stereocenters. The molecule has 0 bridgehead atoms. The zero-order chi connectivity index (χ0) is 12.8. The molecule has 1 aromatic heterocycles. The third kappa shape index (κ3) is 4.13. The molecule has 0 saturated carbocycles. The van der Waals surface area contributed by atoms with Crippen molar-refractivity contribution in [3.63, 3.8) is 0 Å². The average molecular weight is 237 g/mol. The van der Waals surface area contributed by atoms with Gasteiger partial charge in [-0.05, 0) is 25.0 Å². The molecule has 1 aromatic rings. The van der Waals surface area contributed by atoms with E-state index in [1.54, 1.807) is 12.1 Å². The first kappa shape index (κ1) is 13.6. The molecule has 0 aromatic carbocycles. The van der Waals surface area contributed by atoms with Gasteiger partial charge < -0.3 is 4.74 Å². The number of pyridine rings is 1. The number of carbonyl (C=O) groups excluding carboxylic acids is 1. The summed E-state index contributed by atoms with van der Waals surface area (Å²) < 4.78 is 5.63. The van der Waals surface area contributed by atoms with Gasteiger partial charge in [0.25, 0.3) is 5.91 Å². The predicted octanol–water partition coefficient (Wildman–Crippen LogP) is 1.25. The number of carbonyl (C=O) groups is 1. The summed E-state index contributed by atoms with van der Waals surface area (Å²) in [5, 5.41) is 0. The number of nitrogens with zero attached hydrogens (tertiary/aromatic N) is 1. The number of hydrogen-bond acceptors (Lipinski definition) is 4. The average Bonchev–Trinajstić information content (AvgIpc) is 2.35. The molecular weight excluding hydrogens is 218 g/mol. The number of hydrazine groups is 1. The standard InChI is InChI=1S/C12H19N3O2/c1-8(2)9(3)17-7-11-5-4-10(6-14-11)12(16)15-13/h4-6,8-9H,7,13H2,1-3H3,(H,15,16). The number of amides is 1. The molecular formula is C12H19N3O2. The van der Waals surface area contributed by atoms with Gasteiger partial charge in [0, 0.05) is 6.20 Å². The lowest BCUT2D eigenvalue weighted by Gasteiger charge is -2.16. The Hall–Kier alpha value is -1.46. The molecule has 1 atom stereocenters. The van der Waals surface area contributed by atoms with Crippen LogP contribution in [0.1, 0.15) is 36.8 Å². The molecule has 0 radical (unpaired) electrons. The molecule has 94 valence electrons. The van der Waals surface area contributed by atoms with Crippen LogP contribution in [-0.2, 0) is 11.3 Å². The molecule has 3 N–H and O–H groups in total. The molecule has 1 amide bonds. The molecule has 0 aliphatic heterocycles. The van der Waals surface area contributed by atoms with Crippen LogP contribution in [0.25, 0.3) is 0 Å². The van der Waals surface area contributed by atoms with Gasteiger partial charge in [-0.3, -0.25) is 15.2 Å². The predicted molar refractivity (Wildman–Crippen MR) is 65.0 cm³/mol. The first-order chi connectivity index (χ1) is 8.04. The van der Waals surface area contributed by atoms with E-state index in [0.717, 1.165) is 5.69 Å². The summed E-state index contributed by atoms with van der Waals surface area (Å²) in [6.07, 6.45) is 1.67. The fourth-order valence-corrected chi connectivity index (χ4v) is 1.14. The minimum absolute atomic E-state index is 0.184. The number of rotatable bonds is 5. The quantitative estimate of drug-likeness (QED) is 0.459. The third-order valence-corrected chi connectivity index (χ3v) is 2.65. The van der Waals surface area contributed by atoms with Gasteiger partial charge in [0.15, 0.2) is 0 Å². The van der Waals surface area contributed by atoms with E-state index in [0.29, 0.717) is 18.1 Å². The second kappa shape index (κ2) is 6.32. The van der Waals surface area contributed by atoms with Crippen LogP contribution in [0.15, 0.2) is 18.3 Å². The Kier molecular flexibility index (Phi) is 5.06. The lowest BCUT2D eigenvalue weighted by atomic mass is 10.1. The van der Waals surface area contributed by atoms with E-state index in [9.17, 15) is 4.79 Å². The highest BCUT2D eigenvalue weighted by atomic mass is 16.5. The maximum Gasteiger partial charge on any atom is 0.266 e. The summed E-state index contributed by atoms with van der Waals surface area (Å²) in [4.78, 5) is 15.3. The van der Waals surface area contributed by atoms with E-state index in [-0.39, 0.29) is 12.0 Å². The molecule has 0 saturated heterocycles. The first-order valence-electron chi connectivity index (χ1n) is 5.62. The molecule has 5 nitrogen and oxygen atoms in total. The Morgan fingerprint density at radius 3 is 2.65 bits per heavy atom. The van der Waals surface area contributed by atoms with Crippen LogP contribution in [0.4, 0.5) is 0 Å². The molecule has 0 aliphatic carbocycles. The highest BCUT2D eigenvalue weighted by Crippen LogP contribution is 2.08. The van der Waals surface area contributed by atoms with Gasteiger partial charge in [-0.25, -0.2) is 5.84 Å². The number of ether oxygens (including phenoxy) is 1. The zero-order valence-electron chi connectivity index (χ0n) is 10.4. The summed E-state index contributed by atoms with van der Waals surface area (Å²) in [6.45, 7) is 6.68. The molecule has 5 heteroatoms. The number of nitrogens with two attached hydrogens (primary N) is 1. The van der Waals surface area contributed by atoms with Gasteiger partial charge in [-0.15, -0.1) is 0 Å². The smallest absolute Gasteiger partial charge is 0.266 e. The van der Waals surface area contributed by atoms with Crippen molar-refractivity contribution >= 4 is 5.91 Å². The Morgan fingerprint density at radius 2 is 2.18 bits per heavy atom. The van der Waals surface area contributed by atoms with Crippen LogP contribution in [0, 0.1) is 5.92 Å². The monoisotopic (exact) mass is 237 g/mol. The van der Waals surface area contributed by atoms with E-state index in [1.165, 1.54) is 6.20 Å². The molecule has 1 heterocycles. The maximum absolute atomic E-state index is 11.2. The van der Waals surface area contributed by atoms with E-state index in [2.05, 4.69) is 24.3 Å². The van der Waals surface area contributed by atoms with E-state index in [4.69, 9.17) is 10.6 Å². The van der Waals surface area contributed by atoms with E-state index in [1.807, 2.05) is 6.92 Å². The number of hydrogen-bond donors (Lipinski definition) is 2. The zero-order valence-corrected chi connectivity index (χ0v) is 10.4. The molecule has 0 spiro atoms. The fourth-order valence-electron chi connectivity index (χ4n) is 1.14. The number of aromatic nitrogens is 1. The fraction of sp³-hybridized carbons (Fsp3) is 0.500. The normalized spacial score (nSPS) is 12.5. The van der Waals surface area contributed by atoms with Crippen LogP contribution in [0.2, 0.25) is 0 Å². The second-order valence-corrected chi connectivity index (χ2v) is 4.27. The first-order valence-corrected chi connectivity index (χ1v) is 5.62. The van der Waals surface area contributed by atoms with Crippen LogP contribution in [0.5, 0.6) is 0 Å². The molecule has 0 fully saturated rings. The van der Waals surface area contributed by atoms with Gasteiger partial charge >= 0.3 is 0 Å². The third-order valence-electron chi connectivity index (χ3n) is 2.65. The molecule has 1 rings (SSSR count). The second-order valence-electron chi connectivity index (χ2n) is 4.27. The Morgan fingerprint density at radius 1 is 1.47 bits per heavy atom. The summed E-state index contributed by atoms with van der Waals surface area (Å²) in [5.74, 6) is 5.14. The van der Waals surface area contributed by atoms with Crippen LogP contribution in [-0.4, -0.2) is 17.0 Å². The van der Waals surface area contributed by atoms with Crippen molar-refractivity contribution in [1.29, 1.82) is 0 Å². The highest BCUT2D eigenvalue weighted by molar-refractivity contribution is 5.93. The van der Waals surface area contributed by atoms with Crippen LogP contribution >= 0.6 is 0 Å². The Bertz CT molecular complexity index is 363. The van der Waals surface area contributed by atoms with Crippen molar-refractivity contribution < 1.29 is 9.53 Å². The van der Waals surface area contributed by atoms with E-state index >= 15 is 0 Å². The van der Waals surface area contributed by atoms with Crippen LogP contribution in [0.3, 0.4) is 0 Å². The van der Waals surface area contributed by atoms with Gasteiger partial charge in [0.2, 0.25) is 0 Å². The SMILES string of the molecule is CC(C)C(C)OCc1ccc(C(=O)NN)cn1. The van der Waals surface area contributed by atoms with Crippen molar-refractivity contribution in [3.05, 3.63) is 29.6 Å². The summed E-state index contributed by atoms with van der Waals surface area (Å²) in [6, 6.07) is 3.44. The van der Waals surface area contributed by atoms with Crippen LogP contribution < -0.4 is 11.3 Å². The summed E-state index contributed by atoms with van der Waals surface area (Å²) in [5.41, 5.74) is 3.29. The lowest BCUT2D eigenvalue weighted by Crippen LogP contribution is -2.30. The van der Waals surface area contributed by atoms with E-state index < -0.39 is 0 Å². The summed E-state index contributed by atoms with van der Waals surface area (Å²) in [7, 11) is 0. The van der Waals surface area contributed by atoms with Gasteiger partial charge in [0.05, 0.1) is 24.0 Å². The molecule has 0 aliphatic rings. The van der Waals surface area contributed by atoms with Crippen molar-refractivity contribution in [2.24, 2.45) is 11.8 Å². The summed E-state index contributed by atoms with van der Waals surface area (Å²) >= 11 is 0. The Labute approximate surface area is 101 Å². The van der Waals surface area contributed by atoms with Gasteiger partial charge in [-0.2, -0.15) is 0 Å². The van der Waals surface area contributed by atoms with Crippen molar-refractivity contribution in [2.45, 2.75) is 33.5 Å². The van der Waals surface area contributed by atoms with Crippen molar-refractivity contribution in [3.8, 4) is 0 Å². The minimum atomic E-state index is -0.347. The largest absolute Gasteiger partial charge is 0.372 e.